The first-order chi connectivity index (χ1) is 6.42. The van der Waals surface area contributed by atoms with Gasteiger partial charge in [-0.15, -0.1) is 12.4 Å². The van der Waals surface area contributed by atoms with Crippen LogP contribution in [0.4, 0.5) is 4.79 Å². The first-order valence-corrected chi connectivity index (χ1v) is 5.10. The van der Waals surface area contributed by atoms with Crippen molar-refractivity contribution >= 4 is 18.5 Å². The number of ether oxygens (including phenoxy) is 1. The lowest BCUT2D eigenvalue weighted by Gasteiger charge is -2.24. The minimum Gasteiger partial charge on any atom is -0.444 e. The lowest BCUT2D eigenvalue weighted by atomic mass is 10.1. The molecule has 0 bridgehead atoms. The van der Waals surface area contributed by atoms with Crippen molar-refractivity contribution in [3.8, 4) is 0 Å². The van der Waals surface area contributed by atoms with Crippen LogP contribution in [0.2, 0.25) is 0 Å². The Morgan fingerprint density at radius 2 is 2.13 bits per heavy atom. The third kappa shape index (κ3) is 4.71. The van der Waals surface area contributed by atoms with Crippen LogP contribution in [0.1, 0.15) is 27.2 Å². The van der Waals surface area contributed by atoms with Gasteiger partial charge >= 0.3 is 6.09 Å². The van der Waals surface area contributed by atoms with Gasteiger partial charge in [-0.3, -0.25) is 0 Å². The van der Waals surface area contributed by atoms with Gasteiger partial charge in [0.1, 0.15) is 5.60 Å². The molecule has 90 valence electrons. The van der Waals surface area contributed by atoms with Crippen molar-refractivity contribution in [2.45, 2.75) is 32.8 Å². The molecule has 1 amide bonds. The minimum absolute atomic E-state index is 0. The van der Waals surface area contributed by atoms with Gasteiger partial charge in [0, 0.05) is 13.1 Å². The van der Waals surface area contributed by atoms with Crippen molar-refractivity contribution in [2.24, 2.45) is 11.7 Å². The molecule has 15 heavy (non-hydrogen) atoms. The summed E-state index contributed by atoms with van der Waals surface area (Å²) in [6.45, 7) is 7.80. The van der Waals surface area contributed by atoms with Crippen LogP contribution in [0.5, 0.6) is 0 Å². The summed E-state index contributed by atoms with van der Waals surface area (Å²) in [4.78, 5) is 13.3. The molecule has 0 aromatic carbocycles. The zero-order valence-corrected chi connectivity index (χ0v) is 10.5. The monoisotopic (exact) mass is 236 g/mol. The Labute approximate surface area is 97.5 Å². The number of amides is 1. The van der Waals surface area contributed by atoms with Crippen molar-refractivity contribution in [3.05, 3.63) is 0 Å². The molecule has 4 nitrogen and oxygen atoms in total. The minimum atomic E-state index is -0.405. The Hall–Kier alpha value is -0.480. The summed E-state index contributed by atoms with van der Waals surface area (Å²) in [6.07, 6.45) is 0.781. The Balaban J connectivity index is 0.00000196. The first kappa shape index (κ1) is 14.5. The zero-order valence-electron chi connectivity index (χ0n) is 9.66. The molecule has 5 heteroatoms. The number of likely N-dealkylation sites (tertiary alicyclic amines) is 1. The molecule has 1 atom stereocenters. The molecule has 1 saturated heterocycles. The predicted octanol–water partition coefficient (Wildman–Crippen LogP) is 1.62. The van der Waals surface area contributed by atoms with Crippen LogP contribution < -0.4 is 5.73 Å². The van der Waals surface area contributed by atoms with Gasteiger partial charge in [-0.25, -0.2) is 4.79 Å². The van der Waals surface area contributed by atoms with Crippen molar-refractivity contribution in [2.75, 3.05) is 19.6 Å². The normalized spacial score (nSPS) is 21.1. The molecule has 0 radical (unpaired) electrons. The SMILES string of the molecule is CC(C)(C)OC(=O)N1CC[C@H](CN)C1.Cl. The van der Waals surface area contributed by atoms with Crippen LogP contribution in [-0.4, -0.2) is 36.2 Å². The predicted molar refractivity (Wildman–Crippen MR) is 62.2 cm³/mol. The van der Waals surface area contributed by atoms with E-state index in [1.165, 1.54) is 0 Å². The van der Waals surface area contributed by atoms with E-state index in [4.69, 9.17) is 10.5 Å². The van der Waals surface area contributed by atoms with Crippen molar-refractivity contribution < 1.29 is 9.53 Å². The van der Waals surface area contributed by atoms with E-state index in [1.54, 1.807) is 4.90 Å². The molecule has 0 unspecified atom stereocenters. The summed E-state index contributed by atoms with van der Waals surface area (Å²) in [5, 5.41) is 0. The van der Waals surface area contributed by atoms with Crippen LogP contribution in [-0.2, 0) is 4.74 Å². The van der Waals surface area contributed by atoms with Gasteiger partial charge in [-0.05, 0) is 39.7 Å². The van der Waals surface area contributed by atoms with Gasteiger partial charge in [0.2, 0.25) is 0 Å². The zero-order chi connectivity index (χ0) is 10.8. The number of nitrogens with two attached hydrogens (primary N) is 1. The van der Waals surface area contributed by atoms with E-state index in [-0.39, 0.29) is 18.5 Å². The van der Waals surface area contributed by atoms with Crippen LogP contribution in [0, 0.1) is 5.92 Å². The topological polar surface area (TPSA) is 55.6 Å². The number of carbonyl (C=O) groups is 1. The van der Waals surface area contributed by atoms with Gasteiger partial charge in [0.25, 0.3) is 0 Å². The van der Waals surface area contributed by atoms with E-state index in [9.17, 15) is 4.79 Å². The molecule has 1 rings (SSSR count). The molecule has 1 fully saturated rings. The standard InChI is InChI=1S/C10H20N2O2.ClH/c1-10(2,3)14-9(13)12-5-4-8(6-11)7-12;/h8H,4-7,11H2,1-3H3;1H/t8-;/m1./s1. The highest BCUT2D eigenvalue weighted by molar-refractivity contribution is 5.85. The second kappa shape index (κ2) is 5.56. The molecule has 1 aliphatic rings. The fraction of sp³-hybridized carbons (Fsp3) is 0.900. The Morgan fingerprint density at radius 3 is 2.53 bits per heavy atom. The van der Waals surface area contributed by atoms with Gasteiger partial charge in [-0.1, -0.05) is 0 Å². The lowest BCUT2D eigenvalue weighted by Crippen LogP contribution is -2.35. The Bertz CT molecular complexity index is 216. The van der Waals surface area contributed by atoms with Crippen molar-refractivity contribution in [3.63, 3.8) is 0 Å². The second-order valence-electron chi connectivity index (χ2n) is 4.82. The van der Waals surface area contributed by atoms with Crippen molar-refractivity contribution in [1.29, 1.82) is 0 Å². The van der Waals surface area contributed by atoms with E-state index in [0.717, 1.165) is 19.5 Å². The van der Waals surface area contributed by atoms with Crippen LogP contribution >= 0.6 is 12.4 Å². The Morgan fingerprint density at radius 1 is 1.53 bits per heavy atom. The van der Waals surface area contributed by atoms with Gasteiger partial charge in [0.05, 0.1) is 0 Å². The molecule has 1 heterocycles. The summed E-state index contributed by atoms with van der Waals surface area (Å²) in [5.74, 6) is 0.447. The molecule has 0 spiro atoms. The van der Waals surface area contributed by atoms with Gasteiger partial charge in [0.15, 0.2) is 0 Å². The van der Waals surface area contributed by atoms with Gasteiger partial charge in [-0.2, -0.15) is 0 Å². The lowest BCUT2D eigenvalue weighted by molar-refractivity contribution is 0.0289. The number of hydrogen-bond donors (Lipinski definition) is 1. The summed E-state index contributed by atoms with van der Waals surface area (Å²) in [7, 11) is 0. The number of hydrogen-bond acceptors (Lipinski definition) is 3. The summed E-state index contributed by atoms with van der Waals surface area (Å²) in [6, 6.07) is 0. The number of nitrogens with zero attached hydrogens (tertiary/aromatic N) is 1. The highest BCUT2D eigenvalue weighted by Gasteiger charge is 2.28. The van der Waals surface area contributed by atoms with Crippen LogP contribution in [0.25, 0.3) is 0 Å². The molecular formula is C10H21ClN2O2. The molecular weight excluding hydrogens is 216 g/mol. The highest BCUT2D eigenvalue weighted by Crippen LogP contribution is 2.18. The fourth-order valence-corrected chi connectivity index (χ4v) is 1.52. The summed E-state index contributed by atoms with van der Waals surface area (Å²) >= 11 is 0. The average molecular weight is 237 g/mol. The largest absolute Gasteiger partial charge is 0.444 e. The average Bonchev–Trinajstić information content (AvgIpc) is 2.48. The molecule has 1 aliphatic heterocycles. The van der Waals surface area contributed by atoms with Crippen LogP contribution in [0.3, 0.4) is 0 Å². The number of halogens is 1. The first-order valence-electron chi connectivity index (χ1n) is 5.10. The summed E-state index contributed by atoms with van der Waals surface area (Å²) in [5.41, 5.74) is 5.14. The summed E-state index contributed by atoms with van der Waals surface area (Å²) < 4.78 is 5.26. The molecule has 0 aromatic heterocycles. The van der Waals surface area contributed by atoms with E-state index in [2.05, 4.69) is 0 Å². The maximum atomic E-state index is 11.6. The third-order valence-electron chi connectivity index (χ3n) is 2.27. The van der Waals surface area contributed by atoms with E-state index >= 15 is 0 Å². The van der Waals surface area contributed by atoms with E-state index in [1.807, 2.05) is 20.8 Å². The molecule has 0 saturated carbocycles. The third-order valence-corrected chi connectivity index (χ3v) is 2.27. The molecule has 0 aromatic rings. The van der Waals surface area contributed by atoms with Crippen molar-refractivity contribution in [1.82, 2.24) is 4.90 Å². The number of carbonyl (C=O) groups excluding carboxylic acids is 1. The van der Waals surface area contributed by atoms with Gasteiger partial charge < -0.3 is 15.4 Å². The number of rotatable bonds is 1. The smallest absolute Gasteiger partial charge is 0.410 e. The van der Waals surface area contributed by atoms with E-state index < -0.39 is 5.60 Å². The maximum Gasteiger partial charge on any atom is 0.410 e. The quantitative estimate of drug-likeness (QED) is 0.753. The maximum absolute atomic E-state index is 11.6. The molecule has 2 N–H and O–H groups in total. The van der Waals surface area contributed by atoms with Crippen LogP contribution in [0.15, 0.2) is 0 Å². The van der Waals surface area contributed by atoms with E-state index in [0.29, 0.717) is 12.5 Å². The highest BCUT2D eigenvalue weighted by atomic mass is 35.5. The fourth-order valence-electron chi connectivity index (χ4n) is 1.52. The molecule has 0 aliphatic carbocycles. The second-order valence-corrected chi connectivity index (χ2v) is 4.82. The Kier molecular flexibility index (Phi) is 5.38.